The molecule has 0 fully saturated rings. The van der Waals surface area contributed by atoms with Crippen molar-refractivity contribution in [1.82, 2.24) is 0 Å². The van der Waals surface area contributed by atoms with Gasteiger partial charge in [-0.3, -0.25) is 4.85 Å². The fourth-order valence-corrected chi connectivity index (χ4v) is 1.94. The summed E-state index contributed by atoms with van der Waals surface area (Å²) in [5.74, 6) is 0.421. The Hall–Kier alpha value is -2.28. The molecule has 19 heavy (non-hydrogen) atoms. The highest BCUT2D eigenvalue weighted by Crippen LogP contribution is 2.29. The fraction of sp³-hybridized carbons (Fsp3) is 0.333. The van der Waals surface area contributed by atoms with Crippen LogP contribution in [0.1, 0.15) is 24.5 Å². The van der Waals surface area contributed by atoms with E-state index in [4.69, 9.17) is 16.0 Å². The van der Waals surface area contributed by atoms with Gasteiger partial charge in [-0.25, -0.2) is 11.4 Å². The second-order valence-corrected chi connectivity index (χ2v) is 4.19. The molecule has 4 nitrogen and oxygen atoms in total. The molecular weight excluding hydrogens is 242 g/mol. The number of rotatable bonds is 3. The molecule has 1 aliphatic heterocycles. The highest BCUT2D eigenvalue weighted by Gasteiger charge is 2.22. The van der Waals surface area contributed by atoms with E-state index in [9.17, 15) is 4.79 Å². The molecule has 1 unspecified atom stereocenters. The zero-order chi connectivity index (χ0) is 13.7. The predicted molar refractivity (Wildman–Crippen MR) is 71.4 cm³/mol. The van der Waals surface area contributed by atoms with Crippen molar-refractivity contribution < 1.29 is 14.3 Å². The van der Waals surface area contributed by atoms with Crippen molar-refractivity contribution in [3.05, 3.63) is 46.8 Å². The maximum atomic E-state index is 11.2. The van der Waals surface area contributed by atoms with Crippen LogP contribution in [0.2, 0.25) is 0 Å². The van der Waals surface area contributed by atoms with Crippen LogP contribution in [0.5, 0.6) is 5.75 Å². The largest absolute Gasteiger partial charge is 0.463 e. The summed E-state index contributed by atoms with van der Waals surface area (Å²) in [4.78, 5) is 14.6. The maximum Gasteiger partial charge on any atom is 0.366 e. The molecule has 1 aromatic rings. The molecule has 0 bridgehead atoms. The third kappa shape index (κ3) is 3.35. The second kappa shape index (κ2) is 6.05. The van der Waals surface area contributed by atoms with E-state index in [1.54, 1.807) is 13.0 Å². The van der Waals surface area contributed by atoms with Crippen molar-refractivity contribution in [2.45, 2.75) is 26.0 Å². The van der Waals surface area contributed by atoms with Crippen molar-refractivity contribution in [2.24, 2.45) is 0 Å². The Morgan fingerprint density at radius 1 is 1.63 bits per heavy atom. The molecule has 0 spiro atoms. The summed E-state index contributed by atoms with van der Waals surface area (Å²) in [6, 6.07) is 5.68. The first-order chi connectivity index (χ1) is 9.22. The Balaban J connectivity index is 2.10. The van der Waals surface area contributed by atoms with Gasteiger partial charge in [0.1, 0.15) is 5.75 Å². The molecule has 0 radical (unpaired) electrons. The van der Waals surface area contributed by atoms with E-state index in [-0.39, 0.29) is 12.2 Å². The number of hydrogen-bond acceptors (Lipinski definition) is 3. The van der Waals surface area contributed by atoms with E-state index < -0.39 is 0 Å². The molecule has 0 amide bonds. The second-order valence-electron chi connectivity index (χ2n) is 4.19. The highest BCUT2D eigenvalue weighted by atomic mass is 16.5. The molecule has 1 atom stereocenters. The van der Waals surface area contributed by atoms with Gasteiger partial charge in [-0.15, -0.1) is 0 Å². The summed E-state index contributed by atoms with van der Waals surface area (Å²) in [5.41, 5.74) is 2.00. The Bertz CT molecular complexity index is 543. The molecule has 1 aromatic carbocycles. The third-order valence-corrected chi connectivity index (χ3v) is 2.85. The van der Waals surface area contributed by atoms with Crippen LogP contribution in [-0.4, -0.2) is 18.8 Å². The fourth-order valence-electron chi connectivity index (χ4n) is 1.94. The van der Waals surface area contributed by atoms with Crippen LogP contribution in [0.3, 0.4) is 0 Å². The lowest BCUT2D eigenvalue weighted by molar-refractivity contribution is -0.137. The van der Waals surface area contributed by atoms with E-state index in [1.807, 2.05) is 18.2 Å². The Morgan fingerprint density at radius 3 is 3.21 bits per heavy atom. The number of fused-ring (bicyclic) bond motifs is 1. The van der Waals surface area contributed by atoms with E-state index in [0.29, 0.717) is 13.0 Å². The molecule has 0 saturated carbocycles. The summed E-state index contributed by atoms with van der Waals surface area (Å²) in [7, 11) is 0. The number of esters is 1. The third-order valence-electron chi connectivity index (χ3n) is 2.85. The summed E-state index contributed by atoms with van der Waals surface area (Å²) >= 11 is 0. The summed E-state index contributed by atoms with van der Waals surface area (Å²) < 4.78 is 10.4. The van der Waals surface area contributed by atoms with Gasteiger partial charge in [-0.1, -0.05) is 6.07 Å². The molecule has 1 aliphatic rings. The Labute approximate surface area is 112 Å². The summed E-state index contributed by atoms with van der Waals surface area (Å²) in [6.07, 6.45) is 4.30. The first kappa shape index (κ1) is 13.2. The van der Waals surface area contributed by atoms with Gasteiger partial charge in [0.25, 0.3) is 0 Å². The number of hydrogen-bond donors (Lipinski definition) is 0. The average Bonchev–Trinajstić information content (AvgIpc) is 2.44. The minimum Gasteiger partial charge on any atom is -0.463 e. The number of carbonyl (C=O) groups is 1. The Kier molecular flexibility index (Phi) is 4.19. The van der Waals surface area contributed by atoms with E-state index in [0.717, 1.165) is 23.3 Å². The van der Waals surface area contributed by atoms with Crippen molar-refractivity contribution in [3.63, 3.8) is 0 Å². The lowest BCUT2D eigenvalue weighted by Gasteiger charge is -2.18. The zero-order valence-electron chi connectivity index (χ0n) is 10.8. The average molecular weight is 257 g/mol. The molecule has 1 heterocycles. The molecular formula is C15H15NO3. The van der Waals surface area contributed by atoms with Gasteiger partial charge in [-0.2, -0.15) is 0 Å². The van der Waals surface area contributed by atoms with E-state index >= 15 is 0 Å². The van der Waals surface area contributed by atoms with E-state index in [1.165, 1.54) is 6.08 Å². The van der Waals surface area contributed by atoms with Gasteiger partial charge in [0, 0.05) is 6.08 Å². The molecule has 2 rings (SSSR count). The highest BCUT2D eigenvalue weighted by molar-refractivity contribution is 5.87. The van der Waals surface area contributed by atoms with Crippen molar-refractivity contribution in [3.8, 4) is 5.75 Å². The molecule has 4 heteroatoms. The van der Waals surface area contributed by atoms with Crippen LogP contribution in [0, 0.1) is 6.57 Å². The summed E-state index contributed by atoms with van der Waals surface area (Å²) in [6.45, 7) is 9.12. The SMILES string of the molecule is [C-]#[N+]C1CCc2cc(C=CC(=O)OCC)ccc2O1. The first-order valence-corrected chi connectivity index (χ1v) is 6.24. The first-order valence-electron chi connectivity index (χ1n) is 6.24. The lowest BCUT2D eigenvalue weighted by Crippen LogP contribution is -2.18. The van der Waals surface area contributed by atoms with Gasteiger partial charge >= 0.3 is 12.2 Å². The number of aryl methyl sites for hydroxylation is 1. The van der Waals surface area contributed by atoms with Crippen molar-refractivity contribution >= 4 is 12.0 Å². The quantitative estimate of drug-likeness (QED) is 0.475. The van der Waals surface area contributed by atoms with Crippen LogP contribution in [0.25, 0.3) is 10.9 Å². The molecule has 0 aromatic heterocycles. The normalized spacial score (nSPS) is 17.4. The molecule has 0 aliphatic carbocycles. The van der Waals surface area contributed by atoms with Gasteiger partial charge in [0.2, 0.25) is 0 Å². The number of nitrogens with zero attached hydrogens (tertiary/aromatic N) is 1. The van der Waals surface area contributed by atoms with Crippen LogP contribution in [0.15, 0.2) is 24.3 Å². The van der Waals surface area contributed by atoms with Gasteiger partial charge in [-0.05, 0) is 42.7 Å². The molecule has 0 N–H and O–H groups in total. The topological polar surface area (TPSA) is 39.9 Å². The molecule has 98 valence electrons. The van der Waals surface area contributed by atoms with Crippen molar-refractivity contribution in [1.29, 1.82) is 0 Å². The number of ether oxygens (including phenoxy) is 2. The predicted octanol–water partition coefficient (Wildman–Crippen LogP) is 2.83. The van der Waals surface area contributed by atoms with Gasteiger partial charge in [0.05, 0.1) is 13.0 Å². The standard InChI is InChI=1S/C15H15NO3/c1-3-18-15(17)9-5-11-4-7-13-12(10-11)6-8-14(16-2)19-13/h4-5,7,9-10,14H,3,6,8H2,1H3. The van der Waals surface area contributed by atoms with Crippen LogP contribution < -0.4 is 4.74 Å². The smallest absolute Gasteiger partial charge is 0.366 e. The Morgan fingerprint density at radius 2 is 2.47 bits per heavy atom. The minimum absolute atomic E-state index is 0.343. The minimum atomic E-state index is -0.367. The summed E-state index contributed by atoms with van der Waals surface area (Å²) in [5, 5.41) is 0. The monoisotopic (exact) mass is 257 g/mol. The lowest BCUT2D eigenvalue weighted by atomic mass is 10.0. The van der Waals surface area contributed by atoms with Gasteiger partial charge < -0.3 is 9.47 Å². The van der Waals surface area contributed by atoms with Crippen molar-refractivity contribution in [2.75, 3.05) is 6.61 Å². The number of carbonyl (C=O) groups excluding carboxylic acids is 1. The maximum absolute atomic E-state index is 11.2. The number of benzene rings is 1. The zero-order valence-corrected chi connectivity index (χ0v) is 10.8. The van der Waals surface area contributed by atoms with Crippen LogP contribution in [0.4, 0.5) is 0 Å². The van der Waals surface area contributed by atoms with Crippen LogP contribution in [-0.2, 0) is 16.0 Å². The van der Waals surface area contributed by atoms with E-state index in [2.05, 4.69) is 4.85 Å². The van der Waals surface area contributed by atoms with Gasteiger partial charge in [0.15, 0.2) is 0 Å². The van der Waals surface area contributed by atoms with Crippen LogP contribution >= 0.6 is 0 Å². The molecule has 0 saturated heterocycles.